The molecule has 0 amide bonds. The average molecular weight is 281 g/mol. The molecule has 64 valence electrons. The fourth-order valence-corrected chi connectivity index (χ4v) is 1.46. The van der Waals surface area contributed by atoms with Crippen LogP contribution < -0.4 is 0 Å². The highest BCUT2D eigenvalue weighted by Crippen LogP contribution is 2.21. The van der Waals surface area contributed by atoms with Crippen molar-refractivity contribution in [3.63, 3.8) is 0 Å². The predicted octanol–water partition coefficient (Wildman–Crippen LogP) is 2.67. The van der Waals surface area contributed by atoms with Crippen LogP contribution in [0.2, 0.25) is 0 Å². The van der Waals surface area contributed by atoms with Crippen LogP contribution in [-0.2, 0) is 4.43 Å². The van der Waals surface area contributed by atoms with E-state index in [9.17, 15) is 14.5 Å². The second-order valence-corrected chi connectivity index (χ2v) is 2.93. The summed E-state index contributed by atoms with van der Waals surface area (Å²) in [4.78, 5) is 9.80. The first-order valence-corrected chi connectivity index (χ1v) is 4.66. The van der Waals surface area contributed by atoms with Crippen LogP contribution in [0, 0.1) is 15.9 Å². The summed E-state index contributed by atoms with van der Waals surface area (Å²) in [7, 11) is 0. The lowest BCUT2D eigenvalue weighted by atomic mass is 10.2. The van der Waals surface area contributed by atoms with Crippen molar-refractivity contribution in [2.24, 2.45) is 0 Å². The van der Waals surface area contributed by atoms with Crippen molar-refractivity contribution in [3.05, 3.63) is 39.7 Å². The zero-order chi connectivity index (χ0) is 9.14. The molecule has 3 nitrogen and oxygen atoms in total. The fraction of sp³-hybridized carbons (Fsp3) is 0.143. The summed E-state index contributed by atoms with van der Waals surface area (Å²) in [6.07, 6.45) is 0. The third-order valence-electron chi connectivity index (χ3n) is 1.39. The quantitative estimate of drug-likeness (QED) is 0.362. The molecule has 0 spiro atoms. The Morgan fingerprint density at radius 2 is 2.25 bits per heavy atom. The highest BCUT2D eigenvalue weighted by atomic mass is 127. The van der Waals surface area contributed by atoms with Crippen molar-refractivity contribution < 1.29 is 9.31 Å². The van der Waals surface area contributed by atoms with E-state index in [2.05, 4.69) is 0 Å². The summed E-state index contributed by atoms with van der Waals surface area (Å²) in [5.74, 6) is -0.574. The molecule has 0 aliphatic rings. The van der Waals surface area contributed by atoms with Crippen LogP contribution in [0.25, 0.3) is 0 Å². The van der Waals surface area contributed by atoms with Crippen molar-refractivity contribution in [1.82, 2.24) is 0 Å². The van der Waals surface area contributed by atoms with Gasteiger partial charge in [-0.1, -0.05) is 22.6 Å². The number of nitrogens with zero attached hydrogens (tertiary/aromatic N) is 1. The van der Waals surface area contributed by atoms with Gasteiger partial charge in [0.1, 0.15) is 5.82 Å². The van der Waals surface area contributed by atoms with Gasteiger partial charge < -0.3 is 0 Å². The molecule has 0 bridgehead atoms. The van der Waals surface area contributed by atoms with Crippen molar-refractivity contribution in [1.29, 1.82) is 0 Å². The largest absolute Gasteiger partial charge is 0.276 e. The predicted molar refractivity (Wildman–Crippen MR) is 50.8 cm³/mol. The number of hydrogen-bond acceptors (Lipinski definition) is 2. The molecule has 0 atom stereocenters. The molecule has 0 aromatic heterocycles. The van der Waals surface area contributed by atoms with Gasteiger partial charge in [0.25, 0.3) is 5.69 Å². The van der Waals surface area contributed by atoms with Gasteiger partial charge in [-0.25, -0.2) is 4.39 Å². The summed E-state index contributed by atoms with van der Waals surface area (Å²) in [6, 6.07) is 3.59. The maximum atomic E-state index is 12.5. The molecule has 1 aromatic rings. The Labute approximate surface area is 81.9 Å². The van der Waals surface area contributed by atoms with Crippen molar-refractivity contribution >= 4 is 28.3 Å². The molecule has 1 rings (SSSR count). The number of nitro groups is 1. The van der Waals surface area contributed by atoms with Crippen molar-refractivity contribution in [2.75, 3.05) is 0 Å². The number of nitro benzene ring substituents is 1. The molecular weight excluding hydrogens is 276 g/mol. The molecule has 0 saturated carbocycles. The topological polar surface area (TPSA) is 43.1 Å². The number of rotatable bonds is 2. The van der Waals surface area contributed by atoms with E-state index in [1.54, 1.807) is 0 Å². The fourth-order valence-electron chi connectivity index (χ4n) is 0.820. The normalized spacial score (nSPS) is 9.83. The molecule has 0 aliphatic carbocycles. The van der Waals surface area contributed by atoms with Crippen LogP contribution in [-0.4, -0.2) is 4.92 Å². The summed E-state index contributed by atoms with van der Waals surface area (Å²) < 4.78 is 13.0. The maximum absolute atomic E-state index is 12.5. The number of benzene rings is 1. The van der Waals surface area contributed by atoms with E-state index in [1.807, 2.05) is 22.6 Å². The molecule has 0 unspecified atom stereocenters. The van der Waals surface area contributed by atoms with Gasteiger partial charge in [0.15, 0.2) is 0 Å². The summed E-state index contributed by atoms with van der Waals surface area (Å²) in [5, 5.41) is 10.4. The van der Waals surface area contributed by atoms with E-state index in [1.165, 1.54) is 12.1 Å². The minimum absolute atomic E-state index is 0.149. The Balaban J connectivity index is 3.21. The molecule has 0 saturated heterocycles. The molecule has 5 heteroatoms. The van der Waals surface area contributed by atoms with E-state index in [0.29, 0.717) is 9.99 Å². The van der Waals surface area contributed by atoms with Gasteiger partial charge in [0, 0.05) is 9.99 Å². The Morgan fingerprint density at radius 1 is 1.58 bits per heavy atom. The lowest BCUT2D eigenvalue weighted by molar-refractivity contribution is -0.385. The van der Waals surface area contributed by atoms with Gasteiger partial charge in [-0.05, 0) is 12.1 Å². The van der Waals surface area contributed by atoms with Crippen LogP contribution in [0.15, 0.2) is 18.2 Å². The number of hydrogen-bond donors (Lipinski definition) is 0. The van der Waals surface area contributed by atoms with Crippen LogP contribution in [0.1, 0.15) is 5.56 Å². The van der Waals surface area contributed by atoms with E-state index in [-0.39, 0.29) is 5.69 Å². The minimum Gasteiger partial charge on any atom is -0.258 e. The van der Waals surface area contributed by atoms with Gasteiger partial charge in [-0.15, -0.1) is 0 Å². The SMILES string of the molecule is O=[N+]([O-])c1cc(F)ccc1CI. The van der Waals surface area contributed by atoms with Gasteiger partial charge in [0.2, 0.25) is 0 Å². The third kappa shape index (κ3) is 1.90. The molecule has 0 fully saturated rings. The minimum atomic E-state index is -0.574. The van der Waals surface area contributed by atoms with Crippen LogP contribution in [0.4, 0.5) is 10.1 Å². The lowest BCUT2D eigenvalue weighted by Gasteiger charge is -1.97. The Bertz CT molecular complexity index is 316. The molecular formula is C7H5FINO2. The van der Waals surface area contributed by atoms with Gasteiger partial charge in [-0.3, -0.25) is 10.1 Å². The smallest absolute Gasteiger partial charge is 0.258 e. The Hall–Kier alpha value is -0.720. The van der Waals surface area contributed by atoms with Crippen molar-refractivity contribution in [3.8, 4) is 0 Å². The van der Waals surface area contributed by atoms with Crippen LogP contribution in [0.5, 0.6) is 0 Å². The summed E-state index contributed by atoms with van der Waals surface area (Å²) in [5.41, 5.74) is 0.395. The first kappa shape index (κ1) is 9.37. The molecule has 0 radical (unpaired) electrons. The highest BCUT2D eigenvalue weighted by Gasteiger charge is 2.12. The summed E-state index contributed by atoms with van der Waals surface area (Å²) in [6.45, 7) is 0. The zero-order valence-electron chi connectivity index (χ0n) is 5.96. The van der Waals surface area contributed by atoms with Crippen LogP contribution >= 0.6 is 22.6 Å². The lowest BCUT2D eigenvalue weighted by Crippen LogP contribution is -1.93. The van der Waals surface area contributed by atoms with E-state index in [4.69, 9.17) is 0 Å². The zero-order valence-corrected chi connectivity index (χ0v) is 8.12. The van der Waals surface area contributed by atoms with E-state index in [0.717, 1.165) is 6.07 Å². The Kier molecular flexibility index (Phi) is 2.96. The molecule has 0 heterocycles. The second kappa shape index (κ2) is 3.79. The van der Waals surface area contributed by atoms with Gasteiger partial charge >= 0.3 is 0 Å². The first-order valence-electron chi connectivity index (χ1n) is 3.14. The first-order chi connectivity index (χ1) is 5.65. The van der Waals surface area contributed by atoms with E-state index >= 15 is 0 Å². The summed E-state index contributed by atoms with van der Waals surface area (Å²) >= 11 is 2.00. The van der Waals surface area contributed by atoms with E-state index < -0.39 is 10.7 Å². The monoisotopic (exact) mass is 281 g/mol. The molecule has 1 aromatic carbocycles. The second-order valence-electron chi connectivity index (χ2n) is 2.16. The molecule has 0 aliphatic heterocycles. The van der Waals surface area contributed by atoms with Gasteiger partial charge in [0.05, 0.1) is 11.0 Å². The maximum Gasteiger partial charge on any atom is 0.276 e. The van der Waals surface area contributed by atoms with Gasteiger partial charge in [-0.2, -0.15) is 0 Å². The Morgan fingerprint density at radius 3 is 2.75 bits per heavy atom. The highest BCUT2D eigenvalue weighted by molar-refractivity contribution is 14.1. The third-order valence-corrected chi connectivity index (χ3v) is 2.21. The standard InChI is InChI=1S/C7H5FINO2/c8-6-2-1-5(4-9)7(3-6)10(11)12/h1-3H,4H2. The molecule has 12 heavy (non-hydrogen) atoms. The van der Waals surface area contributed by atoms with Crippen molar-refractivity contribution in [2.45, 2.75) is 4.43 Å². The number of alkyl halides is 1. The van der Waals surface area contributed by atoms with Crippen LogP contribution in [0.3, 0.4) is 0 Å². The number of halogens is 2. The molecule has 0 N–H and O–H groups in total. The average Bonchev–Trinajstić information content (AvgIpc) is 2.04.